The Balaban J connectivity index is 1.66. The van der Waals surface area contributed by atoms with Gasteiger partial charge in [0.25, 0.3) is 5.91 Å². The largest absolute Gasteiger partial charge is 0.495 e. The van der Waals surface area contributed by atoms with Crippen molar-refractivity contribution in [3.05, 3.63) is 46.2 Å². The molecule has 2 saturated heterocycles. The van der Waals surface area contributed by atoms with E-state index in [1.54, 1.807) is 23.5 Å². The van der Waals surface area contributed by atoms with Gasteiger partial charge in [-0.2, -0.15) is 15.6 Å². The molecule has 1 aromatic carbocycles. The topological polar surface area (TPSA) is 66.9 Å². The van der Waals surface area contributed by atoms with Crippen molar-refractivity contribution >= 4 is 27.3 Å². The highest BCUT2D eigenvalue weighted by Gasteiger charge is 2.33. The Hall–Kier alpha value is -1.90. The lowest BCUT2D eigenvalue weighted by atomic mass is 10.1. The first kappa shape index (κ1) is 21.3. The first-order chi connectivity index (χ1) is 14.5. The molecule has 1 amide bonds. The summed E-state index contributed by atoms with van der Waals surface area (Å²) in [5, 5.41) is 4.11. The zero-order chi connectivity index (χ0) is 21.1. The van der Waals surface area contributed by atoms with E-state index >= 15 is 0 Å². The maximum atomic E-state index is 13.4. The van der Waals surface area contributed by atoms with Crippen LogP contribution in [-0.2, 0) is 10.0 Å². The zero-order valence-corrected chi connectivity index (χ0v) is 18.9. The maximum Gasteiger partial charge on any atom is 0.254 e. The number of carbonyl (C=O) groups is 1. The average Bonchev–Trinajstić information content (AvgIpc) is 3.38. The van der Waals surface area contributed by atoms with Gasteiger partial charge in [0.15, 0.2) is 0 Å². The van der Waals surface area contributed by atoms with E-state index in [-0.39, 0.29) is 22.6 Å². The van der Waals surface area contributed by atoms with E-state index in [0.29, 0.717) is 25.2 Å². The number of methoxy groups -OCH3 is 1. The molecule has 0 aliphatic carbocycles. The van der Waals surface area contributed by atoms with E-state index in [4.69, 9.17) is 4.74 Å². The molecule has 0 spiro atoms. The number of rotatable bonds is 5. The van der Waals surface area contributed by atoms with E-state index in [0.717, 1.165) is 44.1 Å². The van der Waals surface area contributed by atoms with Gasteiger partial charge < -0.3 is 9.64 Å². The van der Waals surface area contributed by atoms with Crippen LogP contribution in [0.2, 0.25) is 0 Å². The summed E-state index contributed by atoms with van der Waals surface area (Å²) < 4.78 is 33.7. The summed E-state index contributed by atoms with van der Waals surface area (Å²) in [6.07, 6.45) is 5.67. The summed E-state index contributed by atoms with van der Waals surface area (Å²) in [7, 11) is -2.26. The molecule has 0 radical (unpaired) electrons. The summed E-state index contributed by atoms with van der Waals surface area (Å²) in [5.41, 5.74) is 1.54. The van der Waals surface area contributed by atoms with Crippen LogP contribution in [0.3, 0.4) is 0 Å². The Morgan fingerprint density at radius 1 is 1.07 bits per heavy atom. The molecule has 0 saturated carbocycles. The molecule has 1 atom stereocenters. The molecule has 30 heavy (non-hydrogen) atoms. The number of sulfonamides is 1. The minimum atomic E-state index is -3.73. The molecule has 6 nitrogen and oxygen atoms in total. The number of thiophene rings is 1. The minimum Gasteiger partial charge on any atom is -0.495 e. The van der Waals surface area contributed by atoms with E-state index < -0.39 is 10.0 Å². The van der Waals surface area contributed by atoms with Gasteiger partial charge in [0.05, 0.1) is 13.2 Å². The monoisotopic (exact) mass is 448 g/mol. The van der Waals surface area contributed by atoms with Gasteiger partial charge in [-0.05, 0) is 66.3 Å². The fourth-order valence-corrected chi connectivity index (χ4v) is 6.82. The van der Waals surface area contributed by atoms with E-state index in [9.17, 15) is 13.2 Å². The van der Waals surface area contributed by atoms with Crippen molar-refractivity contribution in [3.63, 3.8) is 0 Å². The lowest BCUT2D eigenvalue weighted by Crippen LogP contribution is -2.33. The number of hydrogen-bond acceptors (Lipinski definition) is 5. The van der Waals surface area contributed by atoms with Crippen LogP contribution in [0.4, 0.5) is 0 Å². The van der Waals surface area contributed by atoms with Gasteiger partial charge in [0.1, 0.15) is 10.6 Å². The quantitative estimate of drug-likeness (QED) is 0.684. The molecule has 1 aromatic heterocycles. The Morgan fingerprint density at radius 3 is 2.50 bits per heavy atom. The molecular weight excluding hydrogens is 420 g/mol. The van der Waals surface area contributed by atoms with Crippen LogP contribution in [0.5, 0.6) is 5.75 Å². The molecule has 162 valence electrons. The first-order valence-corrected chi connectivity index (χ1v) is 12.9. The molecule has 1 unspecified atom stereocenters. The normalized spacial score (nSPS) is 20.8. The smallest absolute Gasteiger partial charge is 0.254 e. The molecular formula is C22H28N2O4S2. The molecule has 3 heterocycles. The number of likely N-dealkylation sites (tertiary alicyclic amines) is 1. The molecule has 8 heteroatoms. The number of amides is 1. The van der Waals surface area contributed by atoms with Crippen molar-refractivity contribution in [2.75, 3.05) is 26.7 Å². The SMILES string of the molecule is COc1ccc(C(=O)N2CCCC2c2ccsc2)cc1S(=O)(=O)N1CCCCCC1. The van der Waals surface area contributed by atoms with Crippen molar-refractivity contribution < 1.29 is 17.9 Å². The number of ether oxygens (including phenoxy) is 1. The van der Waals surface area contributed by atoms with Gasteiger partial charge >= 0.3 is 0 Å². The van der Waals surface area contributed by atoms with Gasteiger partial charge in [-0.25, -0.2) is 8.42 Å². The third-order valence-corrected chi connectivity index (χ3v) is 8.66. The second-order valence-corrected chi connectivity index (χ2v) is 10.6. The van der Waals surface area contributed by atoms with Crippen molar-refractivity contribution in [3.8, 4) is 5.75 Å². The lowest BCUT2D eigenvalue weighted by molar-refractivity contribution is 0.0735. The first-order valence-electron chi connectivity index (χ1n) is 10.5. The molecule has 2 aliphatic rings. The third-order valence-electron chi connectivity index (χ3n) is 6.04. The summed E-state index contributed by atoms with van der Waals surface area (Å²) in [6.45, 7) is 1.70. The van der Waals surface area contributed by atoms with Crippen LogP contribution in [0.25, 0.3) is 0 Å². The summed E-state index contributed by atoms with van der Waals surface area (Å²) >= 11 is 1.62. The van der Waals surface area contributed by atoms with E-state index in [2.05, 4.69) is 11.4 Å². The zero-order valence-electron chi connectivity index (χ0n) is 17.2. The van der Waals surface area contributed by atoms with Crippen molar-refractivity contribution in [2.24, 2.45) is 0 Å². The summed E-state index contributed by atoms with van der Waals surface area (Å²) in [6, 6.07) is 6.89. The second-order valence-electron chi connectivity index (χ2n) is 7.90. The number of benzene rings is 1. The van der Waals surface area contributed by atoms with Crippen LogP contribution >= 0.6 is 11.3 Å². The lowest BCUT2D eigenvalue weighted by Gasteiger charge is -2.25. The standard InChI is InChI=1S/C22H28N2O4S2/c1-28-20-9-8-17(15-21(20)30(26,27)23-11-4-2-3-5-12-23)22(25)24-13-6-7-19(24)18-10-14-29-16-18/h8-10,14-16,19H,2-7,11-13H2,1H3. The summed E-state index contributed by atoms with van der Waals surface area (Å²) in [4.78, 5) is 15.3. The van der Waals surface area contributed by atoms with Crippen LogP contribution < -0.4 is 4.74 Å². The van der Waals surface area contributed by atoms with E-state index in [1.165, 1.54) is 17.5 Å². The van der Waals surface area contributed by atoms with E-state index in [1.807, 2.05) is 10.3 Å². The number of nitrogens with zero attached hydrogens (tertiary/aromatic N) is 2. The Bertz CT molecular complexity index is 981. The van der Waals surface area contributed by atoms with Gasteiger partial charge in [-0.3, -0.25) is 4.79 Å². The number of carbonyl (C=O) groups excluding carboxylic acids is 1. The van der Waals surface area contributed by atoms with Crippen molar-refractivity contribution in [2.45, 2.75) is 49.5 Å². The Labute approximate surface area is 182 Å². The Morgan fingerprint density at radius 2 is 1.83 bits per heavy atom. The molecule has 0 bridgehead atoms. The van der Waals surface area contributed by atoms with Crippen LogP contribution in [0.15, 0.2) is 39.9 Å². The van der Waals surface area contributed by atoms with Crippen molar-refractivity contribution in [1.29, 1.82) is 0 Å². The number of hydrogen-bond donors (Lipinski definition) is 0. The fraction of sp³-hybridized carbons (Fsp3) is 0.500. The fourth-order valence-electron chi connectivity index (χ4n) is 4.42. The predicted molar refractivity (Wildman–Crippen MR) is 118 cm³/mol. The van der Waals surface area contributed by atoms with Crippen LogP contribution in [-0.4, -0.2) is 50.3 Å². The summed E-state index contributed by atoms with van der Waals surface area (Å²) in [5.74, 6) is 0.158. The highest BCUT2D eigenvalue weighted by molar-refractivity contribution is 7.89. The van der Waals surface area contributed by atoms with Crippen LogP contribution in [0.1, 0.15) is 60.5 Å². The minimum absolute atomic E-state index is 0.0523. The highest BCUT2D eigenvalue weighted by Crippen LogP contribution is 2.35. The second kappa shape index (κ2) is 9.08. The maximum absolute atomic E-state index is 13.4. The van der Waals surface area contributed by atoms with Gasteiger partial charge in [0, 0.05) is 25.2 Å². The molecule has 4 rings (SSSR count). The third kappa shape index (κ3) is 4.13. The average molecular weight is 449 g/mol. The Kier molecular flexibility index (Phi) is 6.46. The predicted octanol–water partition coefficient (Wildman–Crippen LogP) is 4.30. The molecule has 2 aliphatic heterocycles. The molecule has 2 aromatic rings. The molecule has 2 fully saturated rings. The van der Waals surface area contributed by atoms with Gasteiger partial charge in [0.2, 0.25) is 10.0 Å². The molecule has 0 N–H and O–H groups in total. The van der Waals surface area contributed by atoms with Gasteiger partial charge in [-0.1, -0.05) is 12.8 Å². The highest BCUT2D eigenvalue weighted by atomic mass is 32.2. The van der Waals surface area contributed by atoms with Gasteiger partial charge in [-0.15, -0.1) is 0 Å². The van der Waals surface area contributed by atoms with Crippen LogP contribution in [0, 0.1) is 0 Å². The van der Waals surface area contributed by atoms with Crippen molar-refractivity contribution in [1.82, 2.24) is 9.21 Å².